The van der Waals surface area contributed by atoms with Crippen LogP contribution in [-0.2, 0) is 13.5 Å². The summed E-state index contributed by atoms with van der Waals surface area (Å²) in [5, 5.41) is 14.6. The molecule has 1 saturated carbocycles. The maximum absolute atomic E-state index is 10.3. The van der Waals surface area contributed by atoms with Crippen molar-refractivity contribution in [1.82, 2.24) is 9.78 Å². The molecule has 0 radical (unpaired) electrons. The summed E-state index contributed by atoms with van der Waals surface area (Å²) in [7, 11) is 1.90. The monoisotopic (exact) mass is 194 g/mol. The Morgan fingerprint density at radius 1 is 1.64 bits per heavy atom. The predicted molar refractivity (Wildman–Crippen MR) is 54.8 cm³/mol. The zero-order valence-electron chi connectivity index (χ0n) is 9.07. The maximum atomic E-state index is 10.3. The number of aryl methyl sites for hydroxylation is 1. The van der Waals surface area contributed by atoms with E-state index in [4.69, 9.17) is 0 Å². The Hall–Kier alpha value is -0.830. The van der Waals surface area contributed by atoms with Crippen LogP contribution in [-0.4, -0.2) is 20.5 Å². The van der Waals surface area contributed by atoms with Crippen LogP contribution in [0.4, 0.5) is 0 Å². The summed E-state index contributed by atoms with van der Waals surface area (Å²) in [5.41, 5.74) is 0.488. The first kappa shape index (κ1) is 9.71. The average Bonchev–Trinajstić information content (AvgIpc) is 2.50. The van der Waals surface area contributed by atoms with E-state index in [1.807, 2.05) is 19.3 Å². The summed E-state index contributed by atoms with van der Waals surface area (Å²) in [5.74, 6) is 1.04. The molecule has 0 bridgehead atoms. The van der Waals surface area contributed by atoms with E-state index < -0.39 is 5.60 Å². The van der Waals surface area contributed by atoms with Gasteiger partial charge in [-0.25, -0.2) is 0 Å². The van der Waals surface area contributed by atoms with Crippen molar-refractivity contribution >= 4 is 0 Å². The molecule has 78 valence electrons. The van der Waals surface area contributed by atoms with E-state index in [0.29, 0.717) is 18.3 Å². The fourth-order valence-electron chi connectivity index (χ4n) is 2.39. The zero-order valence-corrected chi connectivity index (χ0v) is 9.07. The molecule has 1 aliphatic carbocycles. The van der Waals surface area contributed by atoms with Gasteiger partial charge < -0.3 is 5.11 Å². The average molecular weight is 194 g/mol. The van der Waals surface area contributed by atoms with Gasteiger partial charge in [0, 0.05) is 19.7 Å². The van der Waals surface area contributed by atoms with Crippen LogP contribution in [0.3, 0.4) is 0 Å². The molecule has 1 aromatic rings. The third-order valence-corrected chi connectivity index (χ3v) is 3.63. The van der Waals surface area contributed by atoms with Gasteiger partial charge in [-0.05, 0) is 24.3 Å². The van der Waals surface area contributed by atoms with Crippen molar-refractivity contribution in [1.29, 1.82) is 0 Å². The van der Waals surface area contributed by atoms with Crippen LogP contribution in [0.2, 0.25) is 0 Å². The molecule has 3 nitrogen and oxygen atoms in total. The second kappa shape index (κ2) is 3.09. The quantitative estimate of drug-likeness (QED) is 0.772. The molecule has 3 unspecified atom stereocenters. The van der Waals surface area contributed by atoms with E-state index in [2.05, 4.69) is 18.9 Å². The Morgan fingerprint density at radius 2 is 2.36 bits per heavy atom. The summed E-state index contributed by atoms with van der Waals surface area (Å²) in [6.07, 6.45) is 3.52. The number of aromatic nitrogens is 2. The summed E-state index contributed by atoms with van der Waals surface area (Å²) < 4.78 is 1.78. The lowest BCUT2D eigenvalue weighted by atomic mass is 9.61. The Morgan fingerprint density at radius 3 is 2.79 bits per heavy atom. The Kier molecular flexibility index (Phi) is 2.14. The molecule has 0 aliphatic heterocycles. The van der Waals surface area contributed by atoms with Gasteiger partial charge in [-0.15, -0.1) is 0 Å². The summed E-state index contributed by atoms with van der Waals surface area (Å²) in [6, 6.07) is 1.98. The van der Waals surface area contributed by atoms with Crippen molar-refractivity contribution in [2.75, 3.05) is 0 Å². The van der Waals surface area contributed by atoms with Crippen LogP contribution < -0.4 is 0 Å². The lowest BCUT2D eigenvalue weighted by Gasteiger charge is -2.49. The van der Waals surface area contributed by atoms with Crippen LogP contribution in [0.15, 0.2) is 12.3 Å². The van der Waals surface area contributed by atoms with E-state index >= 15 is 0 Å². The first-order valence-corrected chi connectivity index (χ1v) is 5.22. The first-order valence-electron chi connectivity index (χ1n) is 5.22. The van der Waals surface area contributed by atoms with Gasteiger partial charge in [-0.3, -0.25) is 4.68 Å². The van der Waals surface area contributed by atoms with Gasteiger partial charge >= 0.3 is 0 Å². The largest absolute Gasteiger partial charge is 0.389 e. The lowest BCUT2D eigenvalue weighted by molar-refractivity contribution is -0.124. The molecule has 1 aliphatic rings. The van der Waals surface area contributed by atoms with Gasteiger partial charge in [0.15, 0.2) is 0 Å². The summed E-state index contributed by atoms with van der Waals surface area (Å²) in [4.78, 5) is 0. The molecule has 3 atom stereocenters. The smallest absolute Gasteiger partial charge is 0.0734 e. The molecule has 1 aromatic heterocycles. The maximum Gasteiger partial charge on any atom is 0.0734 e. The van der Waals surface area contributed by atoms with Crippen LogP contribution in [0.25, 0.3) is 0 Å². The highest BCUT2D eigenvalue weighted by atomic mass is 16.3. The van der Waals surface area contributed by atoms with Crippen molar-refractivity contribution in [3.8, 4) is 0 Å². The summed E-state index contributed by atoms with van der Waals surface area (Å²) in [6.45, 7) is 4.31. The number of rotatable bonds is 2. The van der Waals surface area contributed by atoms with Gasteiger partial charge in [0.05, 0.1) is 11.3 Å². The SMILES string of the molecule is CC1CC(O)(Cc2ccn(C)n2)C1C. The molecule has 1 heterocycles. The molecule has 14 heavy (non-hydrogen) atoms. The van der Waals surface area contributed by atoms with Gasteiger partial charge in [0.1, 0.15) is 0 Å². The second-order valence-corrected chi connectivity index (χ2v) is 4.73. The normalized spacial score (nSPS) is 36.9. The molecule has 0 saturated heterocycles. The van der Waals surface area contributed by atoms with Crippen LogP contribution in [0.1, 0.15) is 26.0 Å². The topological polar surface area (TPSA) is 38.0 Å². The molecule has 1 fully saturated rings. The number of nitrogens with zero attached hydrogens (tertiary/aromatic N) is 2. The highest BCUT2D eigenvalue weighted by Gasteiger charge is 2.47. The Labute approximate surface area is 84.7 Å². The minimum atomic E-state index is -0.506. The van der Waals surface area contributed by atoms with Crippen molar-refractivity contribution in [3.63, 3.8) is 0 Å². The van der Waals surface area contributed by atoms with E-state index in [9.17, 15) is 5.11 Å². The molecule has 2 rings (SSSR count). The third kappa shape index (κ3) is 1.46. The summed E-state index contributed by atoms with van der Waals surface area (Å²) >= 11 is 0. The van der Waals surface area contributed by atoms with Crippen molar-refractivity contribution in [2.45, 2.75) is 32.3 Å². The highest BCUT2D eigenvalue weighted by molar-refractivity contribution is 5.09. The van der Waals surface area contributed by atoms with Crippen molar-refractivity contribution < 1.29 is 5.11 Å². The minimum Gasteiger partial charge on any atom is -0.389 e. The highest BCUT2D eigenvalue weighted by Crippen LogP contribution is 2.45. The molecule has 0 spiro atoms. The zero-order chi connectivity index (χ0) is 10.3. The third-order valence-electron chi connectivity index (χ3n) is 3.63. The molecule has 1 N–H and O–H groups in total. The van der Waals surface area contributed by atoms with E-state index in [1.54, 1.807) is 4.68 Å². The standard InChI is InChI=1S/C11H18N2O/c1-8-6-11(14,9(8)2)7-10-4-5-13(3)12-10/h4-5,8-9,14H,6-7H2,1-3H3. The number of aliphatic hydroxyl groups is 1. The van der Waals surface area contributed by atoms with Crippen molar-refractivity contribution in [3.05, 3.63) is 18.0 Å². The van der Waals surface area contributed by atoms with E-state index in [-0.39, 0.29) is 0 Å². The van der Waals surface area contributed by atoms with E-state index in [0.717, 1.165) is 12.1 Å². The van der Waals surface area contributed by atoms with Gasteiger partial charge in [-0.1, -0.05) is 13.8 Å². The molecule has 0 aromatic carbocycles. The van der Waals surface area contributed by atoms with Gasteiger partial charge in [-0.2, -0.15) is 5.10 Å². The number of hydrogen-bond acceptors (Lipinski definition) is 2. The molecular formula is C11H18N2O. The van der Waals surface area contributed by atoms with Crippen LogP contribution in [0.5, 0.6) is 0 Å². The predicted octanol–water partition coefficient (Wildman–Crippen LogP) is 1.37. The fourth-order valence-corrected chi connectivity index (χ4v) is 2.39. The fraction of sp³-hybridized carbons (Fsp3) is 0.727. The molecular weight excluding hydrogens is 176 g/mol. The molecule has 0 amide bonds. The molecule has 3 heteroatoms. The lowest BCUT2D eigenvalue weighted by Crippen LogP contribution is -2.53. The van der Waals surface area contributed by atoms with Crippen LogP contribution >= 0.6 is 0 Å². The Balaban J connectivity index is 2.05. The van der Waals surface area contributed by atoms with Crippen molar-refractivity contribution in [2.24, 2.45) is 18.9 Å². The van der Waals surface area contributed by atoms with E-state index in [1.165, 1.54) is 0 Å². The van der Waals surface area contributed by atoms with Gasteiger partial charge in [0.2, 0.25) is 0 Å². The van der Waals surface area contributed by atoms with Crippen LogP contribution in [0, 0.1) is 11.8 Å². The number of hydrogen-bond donors (Lipinski definition) is 1. The second-order valence-electron chi connectivity index (χ2n) is 4.73. The Bertz CT molecular complexity index is 334. The minimum absolute atomic E-state index is 0.393. The van der Waals surface area contributed by atoms with Gasteiger partial charge in [0.25, 0.3) is 0 Å². The first-order chi connectivity index (χ1) is 6.51.